The fourth-order valence-corrected chi connectivity index (χ4v) is 2.78. The summed E-state index contributed by atoms with van der Waals surface area (Å²) in [5.74, 6) is 0. The van der Waals surface area contributed by atoms with Gasteiger partial charge in [-0.15, -0.1) is 11.3 Å². The zero-order chi connectivity index (χ0) is 11.1. The number of nitrogen functional groups attached to an aromatic ring is 1. The molecule has 3 aromatic heterocycles. The third-order valence-electron chi connectivity index (χ3n) is 2.29. The Balaban J connectivity index is 2.18. The Morgan fingerprint density at radius 1 is 1.19 bits per heavy atom. The van der Waals surface area contributed by atoms with E-state index >= 15 is 0 Å². The molecule has 0 aliphatic carbocycles. The van der Waals surface area contributed by atoms with Crippen molar-refractivity contribution in [3.05, 3.63) is 40.2 Å². The van der Waals surface area contributed by atoms with Gasteiger partial charge in [0.15, 0.2) is 0 Å². The minimum Gasteiger partial charge on any atom is -0.391 e. The van der Waals surface area contributed by atoms with Crippen LogP contribution in [0.1, 0.15) is 0 Å². The van der Waals surface area contributed by atoms with Gasteiger partial charge in [-0.05, 0) is 46.9 Å². The van der Waals surface area contributed by atoms with E-state index in [1.54, 1.807) is 11.3 Å². The number of hydrogen-bond acceptors (Lipinski definition) is 3. The average molecular weight is 341 g/mol. The van der Waals surface area contributed by atoms with Crippen molar-refractivity contribution < 1.29 is 0 Å². The van der Waals surface area contributed by atoms with E-state index in [1.807, 2.05) is 28.8 Å². The van der Waals surface area contributed by atoms with Crippen LogP contribution in [0.3, 0.4) is 0 Å². The van der Waals surface area contributed by atoms with Crippen molar-refractivity contribution in [2.24, 2.45) is 0 Å². The van der Waals surface area contributed by atoms with Crippen LogP contribution in [-0.4, -0.2) is 9.38 Å². The van der Waals surface area contributed by atoms with Gasteiger partial charge in [0.25, 0.3) is 0 Å². The van der Waals surface area contributed by atoms with E-state index in [9.17, 15) is 0 Å². The molecule has 0 fully saturated rings. The number of nitrogens with two attached hydrogens (primary N) is 1. The van der Waals surface area contributed by atoms with E-state index in [4.69, 9.17) is 5.73 Å². The van der Waals surface area contributed by atoms with Gasteiger partial charge < -0.3 is 10.1 Å². The van der Waals surface area contributed by atoms with Gasteiger partial charge in [-0.2, -0.15) is 0 Å². The predicted octanol–water partition coefficient (Wildman–Crippen LogP) is 3.25. The minimum atomic E-state index is 0.821. The van der Waals surface area contributed by atoms with Crippen molar-refractivity contribution in [1.82, 2.24) is 9.38 Å². The molecule has 0 aromatic carbocycles. The van der Waals surface area contributed by atoms with Gasteiger partial charge in [0.1, 0.15) is 5.65 Å². The Bertz CT molecular complexity index is 656. The van der Waals surface area contributed by atoms with Crippen molar-refractivity contribution in [2.45, 2.75) is 0 Å². The van der Waals surface area contributed by atoms with Gasteiger partial charge in [-0.3, -0.25) is 0 Å². The molecule has 3 nitrogen and oxygen atoms in total. The summed E-state index contributed by atoms with van der Waals surface area (Å²) in [5.41, 5.74) is 7.65. The summed E-state index contributed by atoms with van der Waals surface area (Å²) in [6.07, 6.45) is 4.09. The van der Waals surface area contributed by atoms with E-state index in [1.165, 1.54) is 3.57 Å². The van der Waals surface area contributed by atoms with Crippen LogP contribution in [-0.2, 0) is 0 Å². The third kappa shape index (κ3) is 1.69. The summed E-state index contributed by atoms with van der Waals surface area (Å²) in [7, 11) is 0. The van der Waals surface area contributed by atoms with Gasteiger partial charge in [-0.25, -0.2) is 4.98 Å². The molecule has 0 unspecified atom stereocenters. The first-order valence-electron chi connectivity index (χ1n) is 4.72. The number of hydrogen-bond donors (Lipinski definition) is 1. The normalized spacial score (nSPS) is 11.1. The highest BCUT2D eigenvalue weighted by Gasteiger charge is 2.06. The molecule has 0 amide bonds. The summed E-state index contributed by atoms with van der Waals surface area (Å²) in [5, 5.41) is 0.821. The number of pyridine rings is 1. The standard InChI is InChI=1S/C11H8IN3S/c12-7-1-4-11-14-8(6-15(11)5-7)9-2-3-10(13)16-9/h1-6H,13H2. The lowest BCUT2D eigenvalue weighted by Crippen LogP contribution is -1.82. The van der Waals surface area contributed by atoms with Crippen LogP contribution < -0.4 is 5.73 Å². The number of anilines is 1. The highest BCUT2D eigenvalue weighted by Crippen LogP contribution is 2.28. The van der Waals surface area contributed by atoms with Crippen LogP contribution in [0.15, 0.2) is 36.7 Å². The van der Waals surface area contributed by atoms with Gasteiger partial charge in [-0.1, -0.05) is 0 Å². The number of fused-ring (bicyclic) bond motifs is 1. The van der Waals surface area contributed by atoms with Gasteiger partial charge in [0.2, 0.25) is 0 Å². The molecule has 5 heteroatoms. The number of nitrogens with zero attached hydrogens (tertiary/aromatic N) is 2. The zero-order valence-electron chi connectivity index (χ0n) is 8.22. The SMILES string of the molecule is Nc1ccc(-c2cn3cc(I)ccc3n2)s1. The Labute approximate surface area is 110 Å². The van der Waals surface area contributed by atoms with Crippen molar-refractivity contribution in [2.75, 3.05) is 5.73 Å². The number of rotatable bonds is 1. The van der Waals surface area contributed by atoms with E-state index in [-0.39, 0.29) is 0 Å². The maximum atomic E-state index is 5.72. The lowest BCUT2D eigenvalue weighted by atomic mass is 10.4. The van der Waals surface area contributed by atoms with Crippen molar-refractivity contribution in [1.29, 1.82) is 0 Å². The van der Waals surface area contributed by atoms with Gasteiger partial charge in [0, 0.05) is 16.0 Å². The number of halogens is 1. The fraction of sp³-hybridized carbons (Fsp3) is 0. The van der Waals surface area contributed by atoms with Crippen molar-refractivity contribution in [3.63, 3.8) is 0 Å². The third-order valence-corrected chi connectivity index (χ3v) is 3.87. The first kappa shape index (κ1) is 10.1. The summed E-state index contributed by atoms with van der Waals surface area (Å²) in [6, 6.07) is 7.98. The molecule has 0 bridgehead atoms. The van der Waals surface area contributed by atoms with E-state index in [0.717, 1.165) is 21.2 Å². The number of aromatic nitrogens is 2. The Morgan fingerprint density at radius 3 is 2.81 bits per heavy atom. The second-order valence-electron chi connectivity index (χ2n) is 3.44. The lowest BCUT2D eigenvalue weighted by Gasteiger charge is -1.91. The van der Waals surface area contributed by atoms with E-state index < -0.39 is 0 Å². The van der Waals surface area contributed by atoms with Crippen LogP contribution in [0.4, 0.5) is 5.00 Å². The fourth-order valence-electron chi connectivity index (χ4n) is 1.57. The smallest absolute Gasteiger partial charge is 0.137 e. The molecule has 0 saturated carbocycles. The summed E-state index contributed by atoms with van der Waals surface area (Å²) >= 11 is 3.85. The average Bonchev–Trinajstić information content (AvgIpc) is 2.83. The summed E-state index contributed by atoms with van der Waals surface area (Å²) in [4.78, 5) is 5.66. The maximum Gasteiger partial charge on any atom is 0.137 e. The molecule has 0 radical (unpaired) electrons. The molecule has 0 spiro atoms. The molecule has 0 saturated heterocycles. The number of thiophene rings is 1. The Kier molecular flexibility index (Phi) is 2.36. The Hall–Kier alpha value is -1.08. The molecule has 3 rings (SSSR count). The topological polar surface area (TPSA) is 43.3 Å². The maximum absolute atomic E-state index is 5.72. The second-order valence-corrected chi connectivity index (χ2v) is 5.80. The molecular weight excluding hydrogens is 333 g/mol. The quantitative estimate of drug-likeness (QED) is 0.691. The largest absolute Gasteiger partial charge is 0.391 e. The monoisotopic (exact) mass is 341 g/mol. The first-order chi connectivity index (χ1) is 7.72. The molecular formula is C11H8IN3S. The Morgan fingerprint density at radius 2 is 2.06 bits per heavy atom. The van der Waals surface area contributed by atoms with Crippen LogP contribution in [0, 0.1) is 3.57 Å². The van der Waals surface area contributed by atoms with Crippen molar-refractivity contribution >= 4 is 44.6 Å². The summed E-state index contributed by atoms with van der Waals surface area (Å²) < 4.78 is 3.23. The van der Waals surface area contributed by atoms with E-state index in [2.05, 4.69) is 39.8 Å². The zero-order valence-corrected chi connectivity index (χ0v) is 11.2. The van der Waals surface area contributed by atoms with Crippen LogP contribution >= 0.6 is 33.9 Å². The van der Waals surface area contributed by atoms with E-state index in [0.29, 0.717) is 0 Å². The lowest BCUT2D eigenvalue weighted by molar-refractivity contribution is 1.17. The minimum absolute atomic E-state index is 0.821. The number of imidazole rings is 1. The summed E-state index contributed by atoms with van der Waals surface area (Å²) in [6.45, 7) is 0. The molecule has 3 aromatic rings. The molecule has 0 aliphatic rings. The highest BCUT2D eigenvalue weighted by atomic mass is 127. The predicted molar refractivity (Wildman–Crippen MR) is 75.6 cm³/mol. The molecule has 2 N–H and O–H groups in total. The van der Waals surface area contributed by atoms with Gasteiger partial charge >= 0.3 is 0 Å². The second kappa shape index (κ2) is 3.74. The molecule has 80 valence electrons. The van der Waals surface area contributed by atoms with Crippen LogP contribution in [0.2, 0.25) is 0 Å². The van der Waals surface area contributed by atoms with Crippen LogP contribution in [0.5, 0.6) is 0 Å². The molecule has 16 heavy (non-hydrogen) atoms. The van der Waals surface area contributed by atoms with Gasteiger partial charge in [0.05, 0.1) is 15.6 Å². The molecule has 0 atom stereocenters. The van der Waals surface area contributed by atoms with Crippen molar-refractivity contribution in [3.8, 4) is 10.6 Å². The van der Waals surface area contributed by atoms with Crippen LogP contribution in [0.25, 0.3) is 16.2 Å². The highest BCUT2D eigenvalue weighted by molar-refractivity contribution is 14.1. The first-order valence-corrected chi connectivity index (χ1v) is 6.62. The molecule has 0 aliphatic heterocycles. The molecule has 3 heterocycles.